The lowest BCUT2D eigenvalue weighted by Crippen LogP contribution is -2.03. The molecule has 0 spiro atoms. The number of allylic oxidation sites excluding steroid dienone is 2. The zero-order valence-electron chi connectivity index (χ0n) is 13.0. The largest absolute Gasteiger partial charge is 0.457 e. The van der Waals surface area contributed by atoms with Crippen LogP contribution in [-0.2, 0) is 10.1 Å². The number of hydrogen-bond donors (Lipinski definition) is 2. The van der Waals surface area contributed by atoms with Crippen molar-refractivity contribution in [1.82, 2.24) is 0 Å². The SMILES string of the molecule is N#CC(C#N)=C(N)/C(C#N)=C/c1ccc(-c2ccc(S(=O)(=O)O)cc2)o1. The van der Waals surface area contributed by atoms with E-state index in [9.17, 15) is 8.42 Å². The van der Waals surface area contributed by atoms with E-state index in [0.717, 1.165) is 0 Å². The number of nitrogens with two attached hydrogens (primary N) is 1. The molecule has 0 saturated heterocycles. The Labute approximate surface area is 149 Å². The van der Waals surface area contributed by atoms with E-state index in [1.807, 2.05) is 0 Å². The highest BCUT2D eigenvalue weighted by Gasteiger charge is 2.12. The van der Waals surface area contributed by atoms with Gasteiger partial charge in [0.2, 0.25) is 0 Å². The Morgan fingerprint density at radius 3 is 2.15 bits per heavy atom. The Hall–Kier alpha value is -3.84. The van der Waals surface area contributed by atoms with Gasteiger partial charge in [0.1, 0.15) is 29.7 Å². The molecule has 3 N–H and O–H groups in total. The number of nitriles is 3. The van der Waals surface area contributed by atoms with E-state index in [4.69, 9.17) is 30.5 Å². The van der Waals surface area contributed by atoms with Gasteiger partial charge in [-0.05, 0) is 36.4 Å². The van der Waals surface area contributed by atoms with E-state index < -0.39 is 10.1 Å². The van der Waals surface area contributed by atoms with Crippen LogP contribution in [0, 0.1) is 34.0 Å². The van der Waals surface area contributed by atoms with Crippen molar-refractivity contribution in [3.8, 4) is 29.5 Å². The molecule has 2 aromatic rings. The lowest BCUT2D eigenvalue weighted by molar-refractivity contribution is 0.483. The molecule has 0 fully saturated rings. The molecule has 1 heterocycles. The molecule has 1 aromatic heterocycles. The molecule has 0 radical (unpaired) electrons. The minimum absolute atomic E-state index is 0.106. The molecule has 1 aromatic carbocycles. The summed E-state index contributed by atoms with van der Waals surface area (Å²) < 4.78 is 36.6. The fourth-order valence-corrected chi connectivity index (χ4v) is 2.45. The lowest BCUT2D eigenvalue weighted by Gasteiger charge is -2.00. The predicted molar refractivity (Wildman–Crippen MR) is 90.0 cm³/mol. The Balaban J connectivity index is 2.39. The second-order valence-corrected chi connectivity index (χ2v) is 6.31. The van der Waals surface area contributed by atoms with Gasteiger partial charge in [0.15, 0.2) is 5.57 Å². The van der Waals surface area contributed by atoms with Gasteiger partial charge in [-0.25, -0.2) is 0 Å². The summed E-state index contributed by atoms with van der Waals surface area (Å²) in [5.41, 5.74) is 5.43. The highest BCUT2D eigenvalue weighted by molar-refractivity contribution is 7.85. The van der Waals surface area contributed by atoms with Crippen LogP contribution in [0.5, 0.6) is 0 Å². The third-order valence-electron chi connectivity index (χ3n) is 3.25. The van der Waals surface area contributed by atoms with Gasteiger partial charge in [0.05, 0.1) is 16.2 Å². The molecule has 9 heteroatoms. The van der Waals surface area contributed by atoms with E-state index in [1.165, 1.54) is 36.4 Å². The molecule has 0 bridgehead atoms. The first-order chi connectivity index (χ1) is 12.3. The number of rotatable bonds is 4. The number of furan rings is 1. The average Bonchev–Trinajstić information content (AvgIpc) is 3.08. The molecule has 26 heavy (non-hydrogen) atoms. The Kier molecular flexibility index (Phi) is 5.24. The Bertz CT molecular complexity index is 1120. The third-order valence-corrected chi connectivity index (χ3v) is 4.12. The van der Waals surface area contributed by atoms with E-state index >= 15 is 0 Å². The third kappa shape index (κ3) is 3.97. The maximum atomic E-state index is 11.0. The first-order valence-corrected chi connectivity index (χ1v) is 8.34. The summed E-state index contributed by atoms with van der Waals surface area (Å²) in [6, 6.07) is 13.4. The normalized spacial score (nSPS) is 11.1. The zero-order chi connectivity index (χ0) is 19.3. The molecule has 2 rings (SSSR count). The van der Waals surface area contributed by atoms with Crippen LogP contribution in [0.15, 0.2) is 62.6 Å². The summed E-state index contributed by atoms with van der Waals surface area (Å²) in [5, 5.41) is 26.8. The molecular weight excluding hydrogens is 356 g/mol. The second kappa shape index (κ2) is 7.37. The molecule has 0 atom stereocenters. The summed E-state index contributed by atoms with van der Waals surface area (Å²) >= 11 is 0. The average molecular weight is 366 g/mol. The fraction of sp³-hybridized carbons (Fsp3) is 0. The molecule has 8 nitrogen and oxygen atoms in total. The lowest BCUT2D eigenvalue weighted by atomic mass is 10.1. The van der Waals surface area contributed by atoms with E-state index in [2.05, 4.69) is 0 Å². The molecule has 0 aliphatic heterocycles. The van der Waals surface area contributed by atoms with Crippen LogP contribution in [0.25, 0.3) is 17.4 Å². The molecule has 0 aliphatic carbocycles. The number of benzene rings is 1. The Morgan fingerprint density at radius 2 is 1.65 bits per heavy atom. The highest BCUT2D eigenvalue weighted by Crippen LogP contribution is 2.25. The van der Waals surface area contributed by atoms with E-state index in [1.54, 1.807) is 24.3 Å². The van der Waals surface area contributed by atoms with Gasteiger partial charge in [-0.3, -0.25) is 4.55 Å². The van der Waals surface area contributed by atoms with E-state index in [0.29, 0.717) is 11.3 Å². The zero-order valence-corrected chi connectivity index (χ0v) is 13.9. The maximum absolute atomic E-state index is 11.0. The van der Waals surface area contributed by atoms with Crippen LogP contribution < -0.4 is 5.73 Å². The quantitative estimate of drug-likeness (QED) is 0.472. The van der Waals surface area contributed by atoms with Crippen molar-refractivity contribution < 1.29 is 17.4 Å². The standard InChI is InChI=1S/C17H10N4O4S/c18-8-12(17(21)13(9-19)10-20)7-14-3-6-16(25-14)11-1-4-15(5-2-11)26(22,23)24/h1-7H,21H2,(H,22,23,24)/b12-7+. The van der Waals surface area contributed by atoms with Gasteiger partial charge in [0.25, 0.3) is 10.1 Å². The minimum Gasteiger partial charge on any atom is -0.457 e. The highest BCUT2D eigenvalue weighted by atomic mass is 32.2. The summed E-state index contributed by atoms with van der Waals surface area (Å²) in [4.78, 5) is -0.252. The molecule has 0 unspecified atom stereocenters. The second-order valence-electron chi connectivity index (χ2n) is 4.88. The first-order valence-electron chi connectivity index (χ1n) is 6.90. The van der Waals surface area contributed by atoms with Crippen LogP contribution in [0.1, 0.15) is 5.76 Å². The Morgan fingerprint density at radius 1 is 1.04 bits per heavy atom. The smallest absolute Gasteiger partial charge is 0.294 e. The van der Waals surface area contributed by atoms with Crippen LogP contribution in [0.2, 0.25) is 0 Å². The van der Waals surface area contributed by atoms with Gasteiger partial charge >= 0.3 is 0 Å². The van der Waals surface area contributed by atoms with Gasteiger partial charge in [-0.2, -0.15) is 24.2 Å². The van der Waals surface area contributed by atoms with Gasteiger partial charge in [-0.15, -0.1) is 0 Å². The fourth-order valence-electron chi connectivity index (χ4n) is 1.97. The van der Waals surface area contributed by atoms with Gasteiger partial charge < -0.3 is 10.2 Å². The molecule has 0 amide bonds. The van der Waals surface area contributed by atoms with Crippen molar-refractivity contribution in [3.63, 3.8) is 0 Å². The van der Waals surface area contributed by atoms with Crippen molar-refractivity contribution in [2.75, 3.05) is 0 Å². The van der Waals surface area contributed by atoms with Crippen molar-refractivity contribution in [3.05, 3.63) is 59.0 Å². The predicted octanol–water partition coefficient (Wildman–Crippen LogP) is 2.36. The number of nitrogens with zero attached hydrogens (tertiary/aromatic N) is 3. The molecular formula is C17H10N4O4S. The summed E-state index contributed by atoms with van der Waals surface area (Å²) in [7, 11) is -4.29. The van der Waals surface area contributed by atoms with Crippen LogP contribution >= 0.6 is 0 Å². The summed E-state index contributed by atoms with van der Waals surface area (Å²) in [5.74, 6) is 0.618. The van der Waals surface area contributed by atoms with Gasteiger partial charge in [-0.1, -0.05) is 0 Å². The van der Waals surface area contributed by atoms with Crippen molar-refractivity contribution in [2.45, 2.75) is 4.90 Å². The van der Waals surface area contributed by atoms with Crippen molar-refractivity contribution >= 4 is 16.2 Å². The number of hydrogen-bond acceptors (Lipinski definition) is 7. The molecule has 0 saturated carbocycles. The summed E-state index contributed by atoms with van der Waals surface area (Å²) in [6.07, 6.45) is 1.28. The van der Waals surface area contributed by atoms with Crippen LogP contribution in [0.3, 0.4) is 0 Å². The monoisotopic (exact) mass is 366 g/mol. The minimum atomic E-state index is -4.29. The van der Waals surface area contributed by atoms with Gasteiger partial charge in [0, 0.05) is 11.6 Å². The van der Waals surface area contributed by atoms with Crippen LogP contribution in [0.4, 0.5) is 0 Å². The maximum Gasteiger partial charge on any atom is 0.294 e. The van der Waals surface area contributed by atoms with Crippen LogP contribution in [-0.4, -0.2) is 13.0 Å². The molecule has 0 aliphatic rings. The van der Waals surface area contributed by atoms with Crippen molar-refractivity contribution in [2.24, 2.45) is 5.73 Å². The summed E-state index contributed by atoms with van der Waals surface area (Å²) in [6.45, 7) is 0. The molecule has 128 valence electrons. The topological polar surface area (TPSA) is 165 Å². The van der Waals surface area contributed by atoms with Crippen molar-refractivity contribution in [1.29, 1.82) is 15.8 Å². The first kappa shape index (κ1) is 18.5. The van der Waals surface area contributed by atoms with E-state index in [-0.39, 0.29) is 27.5 Å².